The molecule has 7 heteroatoms. The van der Waals surface area contributed by atoms with Crippen molar-refractivity contribution in [2.75, 3.05) is 0 Å². The van der Waals surface area contributed by atoms with Crippen LogP contribution in [0.5, 0.6) is 0 Å². The largest absolute Gasteiger partial charge is 0.345 e. The van der Waals surface area contributed by atoms with Crippen LogP contribution in [0.4, 0.5) is 0 Å². The fourth-order valence-electron chi connectivity index (χ4n) is 2.81. The van der Waals surface area contributed by atoms with Gasteiger partial charge in [-0.3, -0.25) is 4.79 Å². The average Bonchev–Trinajstić information content (AvgIpc) is 3.27. The van der Waals surface area contributed by atoms with Gasteiger partial charge in [0, 0.05) is 34.6 Å². The van der Waals surface area contributed by atoms with Crippen molar-refractivity contribution >= 4 is 34.5 Å². The van der Waals surface area contributed by atoms with Gasteiger partial charge in [0.25, 0.3) is 5.91 Å². The molecule has 0 aliphatic heterocycles. The van der Waals surface area contributed by atoms with Crippen LogP contribution >= 0.6 is 22.9 Å². The number of halogens is 1. The van der Waals surface area contributed by atoms with E-state index in [4.69, 9.17) is 11.6 Å². The molecule has 1 aromatic carbocycles. The Labute approximate surface area is 159 Å². The Morgan fingerprint density at radius 3 is 2.96 bits per heavy atom. The first-order chi connectivity index (χ1) is 12.6. The molecule has 3 heterocycles. The van der Waals surface area contributed by atoms with Gasteiger partial charge in [-0.1, -0.05) is 23.7 Å². The molecule has 5 nitrogen and oxygen atoms in total. The van der Waals surface area contributed by atoms with Gasteiger partial charge in [-0.05, 0) is 30.7 Å². The second-order valence-corrected chi connectivity index (χ2v) is 7.29. The molecule has 0 saturated heterocycles. The summed E-state index contributed by atoms with van der Waals surface area (Å²) < 4.78 is 1.88. The van der Waals surface area contributed by atoms with Gasteiger partial charge < -0.3 is 9.72 Å². The van der Waals surface area contributed by atoms with Crippen LogP contribution in [0.1, 0.15) is 21.1 Å². The van der Waals surface area contributed by atoms with Crippen LogP contribution in [0, 0.1) is 6.92 Å². The van der Waals surface area contributed by atoms with Gasteiger partial charge in [0.05, 0.1) is 17.8 Å². The van der Waals surface area contributed by atoms with E-state index in [0.717, 1.165) is 27.5 Å². The first-order valence-corrected chi connectivity index (χ1v) is 9.28. The molecule has 0 aliphatic carbocycles. The highest BCUT2D eigenvalue weighted by atomic mass is 35.5. The van der Waals surface area contributed by atoms with Crippen molar-refractivity contribution in [2.24, 2.45) is 0 Å². The lowest BCUT2D eigenvalue weighted by Crippen LogP contribution is -2.23. The zero-order valence-corrected chi connectivity index (χ0v) is 15.5. The van der Waals surface area contributed by atoms with Crippen molar-refractivity contribution in [1.82, 2.24) is 19.7 Å². The lowest BCUT2D eigenvalue weighted by atomic mass is 10.0. The van der Waals surface area contributed by atoms with E-state index in [1.807, 2.05) is 53.2 Å². The number of hydrogen-bond acceptors (Lipinski definition) is 4. The number of carbonyl (C=O) groups excluding carboxylic acids is 1. The summed E-state index contributed by atoms with van der Waals surface area (Å²) in [6, 6.07) is 9.40. The van der Waals surface area contributed by atoms with Crippen LogP contribution in [-0.4, -0.2) is 20.3 Å². The van der Waals surface area contributed by atoms with E-state index < -0.39 is 0 Å². The Hall–Kier alpha value is -2.70. The molecule has 26 heavy (non-hydrogen) atoms. The van der Waals surface area contributed by atoms with Gasteiger partial charge in [0.1, 0.15) is 10.7 Å². The van der Waals surface area contributed by atoms with Gasteiger partial charge in [0.2, 0.25) is 0 Å². The minimum absolute atomic E-state index is 0.156. The SMILES string of the molecule is Cc1cn2cc(C(=O)NCc3nccs3)cc(-c3cccc(Cl)c3)c2n1. The molecule has 0 fully saturated rings. The van der Waals surface area contributed by atoms with E-state index in [-0.39, 0.29) is 5.91 Å². The molecule has 0 atom stereocenters. The number of aromatic nitrogens is 3. The maximum atomic E-state index is 12.6. The third kappa shape index (κ3) is 3.34. The monoisotopic (exact) mass is 382 g/mol. The quantitative estimate of drug-likeness (QED) is 0.570. The summed E-state index contributed by atoms with van der Waals surface area (Å²) in [5.74, 6) is -0.156. The molecule has 0 bridgehead atoms. The molecule has 130 valence electrons. The van der Waals surface area contributed by atoms with Crippen LogP contribution in [0.15, 0.2) is 54.3 Å². The van der Waals surface area contributed by atoms with Crippen molar-refractivity contribution in [1.29, 1.82) is 0 Å². The Morgan fingerprint density at radius 2 is 2.19 bits per heavy atom. The molecule has 1 N–H and O–H groups in total. The predicted octanol–water partition coefficient (Wildman–Crippen LogP) is 4.35. The van der Waals surface area contributed by atoms with Crippen LogP contribution in [0.3, 0.4) is 0 Å². The molecule has 0 unspecified atom stereocenters. The summed E-state index contributed by atoms with van der Waals surface area (Å²) in [7, 11) is 0. The maximum absolute atomic E-state index is 12.6. The van der Waals surface area contributed by atoms with E-state index in [1.165, 1.54) is 11.3 Å². The van der Waals surface area contributed by atoms with Crippen LogP contribution in [0.25, 0.3) is 16.8 Å². The predicted molar refractivity (Wildman–Crippen MR) is 104 cm³/mol. The number of benzene rings is 1. The van der Waals surface area contributed by atoms with Crippen LogP contribution in [0.2, 0.25) is 5.02 Å². The second kappa shape index (κ2) is 6.90. The first-order valence-electron chi connectivity index (χ1n) is 8.02. The number of aryl methyl sites for hydroxylation is 1. The highest BCUT2D eigenvalue weighted by Gasteiger charge is 2.14. The number of pyridine rings is 1. The number of amides is 1. The highest BCUT2D eigenvalue weighted by Crippen LogP contribution is 2.28. The van der Waals surface area contributed by atoms with Gasteiger partial charge >= 0.3 is 0 Å². The highest BCUT2D eigenvalue weighted by molar-refractivity contribution is 7.09. The topological polar surface area (TPSA) is 59.3 Å². The number of carbonyl (C=O) groups is 1. The molecule has 4 rings (SSSR count). The van der Waals surface area contributed by atoms with Gasteiger partial charge in [0.15, 0.2) is 0 Å². The standard InChI is InChI=1S/C19H15ClN4OS/c1-12-10-24-11-14(19(25)22-9-17-21-5-6-26-17)8-16(18(24)23-12)13-3-2-4-15(20)7-13/h2-8,10-11H,9H2,1H3,(H,22,25). The van der Waals surface area contributed by atoms with Crippen molar-refractivity contribution < 1.29 is 4.79 Å². The molecule has 1 amide bonds. The van der Waals surface area contributed by atoms with E-state index in [9.17, 15) is 4.79 Å². The fourth-order valence-corrected chi connectivity index (χ4v) is 3.56. The molecule has 0 aliphatic rings. The van der Waals surface area contributed by atoms with Crippen molar-refractivity contribution in [3.05, 3.63) is 75.6 Å². The summed E-state index contributed by atoms with van der Waals surface area (Å²) >= 11 is 7.66. The van der Waals surface area contributed by atoms with Gasteiger partial charge in [-0.25, -0.2) is 9.97 Å². The third-order valence-corrected chi connectivity index (χ3v) is 4.97. The lowest BCUT2D eigenvalue weighted by Gasteiger charge is -2.09. The fraction of sp³-hybridized carbons (Fsp3) is 0.105. The van der Waals surface area contributed by atoms with E-state index in [2.05, 4.69) is 15.3 Å². The molecule has 0 saturated carbocycles. The molecular formula is C19H15ClN4OS. The maximum Gasteiger partial charge on any atom is 0.253 e. The molecule has 0 spiro atoms. The zero-order chi connectivity index (χ0) is 18.1. The molecule has 3 aromatic heterocycles. The normalized spacial score (nSPS) is 11.0. The number of nitrogens with zero attached hydrogens (tertiary/aromatic N) is 3. The first kappa shape index (κ1) is 16.8. The van der Waals surface area contributed by atoms with Crippen LogP contribution < -0.4 is 5.32 Å². The lowest BCUT2D eigenvalue weighted by molar-refractivity contribution is 0.0950. The number of thiazole rings is 1. The number of imidazole rings is 1. The number of nitrogens with one attached hydrogen (secondary N) is 1. The van der Waals surface area contributed by atoms with Gasteiger partial charge in [-0.15, -0.1) is 11.3 Å². The number of hydrogen-bond donors (Lipinski definition) is 1. The molecule has 0 radical (unpaired) electrons. The van der Waals surface area contributed by atoms with E-state index in [0.29, 0.717) is 17.1 Å². The van der Waals surface area contributed by atoms with Crippen molar-refractivity contribution in [3.8, 4) is 11.1 Å². The second-order valence-electron chi connectivity index (χ2n) is 5.87. The Bertz CT molecular complexity index is 1090. The van der Waals surface area contributed by atoms with Crippen molar-refractivity contribution in [3.63, 3.8) is 0 Å². The Balaban J connectivity index is 1.74. The Kier molecular flexibility index (Phi) is 4.44. The summed E-state index contributed by atoms with van der Waals surface area (Å²) in [4.78, 5) is 21.4. The average molecular weight is 383 g/mol. The molecular weight excluding hydrogens is 368 g/mol. The van der Waals surface area contributed by atoms with E-state index >= 15 is 0 Å². The smallest absolute Gasteiger partial charge is 0.253 e. The summed E-state index contributed by atoms with van der Waals surface area (Å²) in [6.45, 7) is 2.33. The summed E-state index contributed by atoms with van der Waals surface area (Å²) in [5.41, 5.74) is 4.02. The Morgan fingerprint density at radius 1 is 1.31 bits per heavy atom. The minimum atomic E-state index is -0.156. The van der Waals surface area contributed by atoms with Gasteiger partial charge in [-0.2, -0.15) is 0 Å². The minimum Gasteiger partial charge on any atom is -0.345 e. The number of fused-ring (bicyclic) bond motifs is 1. The number of rotatable bonds is 4. The molecule has 4 aromatic rings. The summed E-state index contributed by atoms with van der Waals surface area (Å²) in [6.07, 6.45) is 5.42. The van der Waals surface area contributed by atoms with E-state index in [1.54, 1.807) is 12.4 Å². The van der Waals surface area contributed by atoms with Crippen molar-refractivity contribution in [2.45, 2.75) is 13.5 Å². The zero-order valence-electron chi connectivity index (χ0n) is 13.9. The van der Waals surface area contributed by atoms with Crippen LogP contribution in [-0.2, 0) is 6.54 Å². The summed E-state index contributed by atoms with van der Waals surface area (Å²) in [5, 5.41) is 6.31. The third-order valence-electron chi connectivity index (χ3n) is 3.95.